The zero-order valence-corrected chi connectivity index (χ0v) is 13.6. The third-order valence-corrected chi connectivity index (χ3v) is 3.74. The Balaban J connectivity index is 2.26. The van der Waals surface area contributed by atoms with E-state index in [0.29, 0.717) is 0 Å². The standard InChI is InChI=1S/C18H24N2O/c1-19(2)16-10-6-14(7-11-16)18(21-5)15-8-12-17(13-9-15)20(3)4/h6-13,18H,1-5H3/p+1. The van der Waals surface area contributed by atoms with Crippen LogP contribution in [0, 0.1) is 0 Å². The molecule has 1 N–H and O–H groups in total. The van der Waals surface area contributed by atoms with Gasteiger partial charge in [0.05, 0.1) is 14.1 Å². The highest BCUT2D eigenvalue weighted by atomic mass is 16.5. The number of rotatable bonds is 5. The molecule has 2 aromatic carbocycles. The van der Waals surface area contributed by atoms with Crippen molar-refractivity contribution in [3.8, 4) is 0 Å². The van der Waals surface area contributed by atoms with Gasteiger partial charge in [-0.15, -0.1) is 0 Å². The van der Waals surface area contributed by atoms with Crippen LogP contribution in [0.5, 0.6) is 0 Å². The van der Waals surface area contributed by atoms with E-state index in [-0.39, 0.29) is 6.10 Å². The van der Waals surface area contributed by atoms with Crippen molar-refractivity contribution in [1.82, 2.24) is 0 Å². The lowest BCUT2D eigenvalue weighted by Gasteiger charge is -2.19. The van der Waals surface area contributed by atoms with Crippen molar-refractivity contribution < 1.29 is 9.64 Å². The predicted molar refractivity (Wildman–Crippen MR) is 88.5 cm³/mol. The first-order valence-corrected chi connectivity index (χ1v) is 7.23. The van der Waals surface area contributed by atoms with Gasteiger partial charge in [0.15, 0.2) is 0 Å². The van der Waals surface area contributed by atoms with Gasteiger partial charge in [0, 0.05) is 26.9 Å². The molecule has 3 nitrogen and oxygen atoms in total. The molecule has 0 fully saturated rings. The molecule has 3 heteroatoms. The summed E-state index contributed by atoms with van der Waals surface area (Å²) >= 11 is 0. The molecule has 0 amide bonds. The number of ether oxygens (including phenoxy) is 1. The minimum Gasteiger partial charge on any atom is -0.378 e. The summed E-state index contributed by atoms with van der Waals surface area (Å²) in [7, 11) is 10.1. The topological polar surface area (TPSA) is 16.9 Å². The molecule has 0 spiro atoms. The molecule has 1 atom stereocenters. The molecule has 0 aliphatic rings. The molecule has 0 aromatic heterocycles. The van der Waals surface area contributed by atoms with Crippen molar-refractivity contribution in [1.29, 1.82) is 0 Å². The number of benzene rings is 2. The molecular formula is C18H25N2O+. The smallest absolute Gasteiger partial charge is 0.130 e. The summed E-state index contributed by atoms with van der Waals surface area (Å²) in [6, 6.07) is 17.1. The molecule has 21 heavy (non-hydrogen) atoms. The molecule has 2 rings (SSSR count). The van der Waals surface area contributed by atoms with Crippen LogP contribution in [0.25, 0.3) is 0 Å². The Morgan fingerprint density at radius 1 is 0.857 bits per heavy atom. The minimum atomic E-state index is -0.0209. The van der Waals surface area contributed by atoms with E-state index in [0.717, 1.165) is 0 Å². The van der Waals surface area contributed by atoms with E-state index in [1.54, 1.807) is 7.11 Å². The number of methoxy groups -OCH3 is 1. The van der Waals surface area contributed by atoms with Crippen LogP contribution in [0.3, 0.4) is 0 Å². The van der Waals surface area contributed by atoms with E-state index in [1.807, 2.05) is 14.1 Å². The number of anilines is 1. The maximum absolute atomic E-state index is 5.70. The average molecular weight is 285 g/mol. The van der Waals surface area contributed by atoms with Gasteiger partial charge in [-0.2, -0.15) is 0 Å². The summed E-state index contributed by atoms with van der Waals surface area (Å²) < 4.78 is 5.70. The fourth-order valence-corrected chi connectivity index (χ4v) is 2.40. The quantitative estimate of drug-likeness (QED) is 0.907. The Morgan fingerprint density at radius 2 is 1.33 bits per heavy atom. The molecule has 0 aliphatic heterocycles. The van der Waals surface area contributed by atoms with Gasteiger partial charge in [-0.25, -0.2) is 0 Å². The van der Waals surface area contributed by atoms with Crippen LogP contribution >= 0.6 is 0 Å². The van der Waals surface area contributed by atoms with Crippen molar-refractivity contribution >= 4 is 11.4 Å². The van der Waals surface area contributed by atoms with E-state index in [1.165, 1.54) is 27.4 Å². The van der Waals surface area contributed by atoms with Gasteiger partial charge in [-0.05, 0) is 35.4 Å². The third kappa shape index (κ3) is 3.63. The largest absolute Gasteiger partial charge is 0.378 e. The van der Waals surface area contributed by atoms with E-state index in [2.05, 4.69) is 67.5 Å². The van der Waals surface area contributed by atoms with Crippen molar-refractivity contribution in [3.63, 3.8) is 0 Å². The molecule has 0 saturated heterocycles. The van der Waals surface area contributed by atoms with E-state index in [9.17, 15) is 0 Å². The van der Waals surface area contributed by atoms with Gasteiger partial charge in [0.25, 0.3) is 0 Å². The number of quaternary nitrogens is 1. The van der Waals surface area contributed by atoms with Gasteiger partial charge in [-0.1, -0.05) is 24.3 Å². The van der Waals surface area contributed by atoms with Crippen molar-refractivity contribution in [2.45, 2.75) is 6.10 Å². The maximum atomic E-state index is 5.70. The van der Waals surface area contributed by atoms with Gasteiger partial charge in [-0.3, -0.25) is 0 Å². The first-order valence-electron chi connectivity index (χ1n) is 7.23. The fraction of sp³-hybridized carbons (Fsp3) is 0.333. The minimum absolute atomic E-state index is 0.0209. The summed E-state index contributed by atoms with van der Waals surface area (Å²) in [6.45, 7) is 0. The molecule has 0 aliphatic carbocycles. The molecule has 0 bridgehead atoms. The highest BCUT2D eigenvalue weighted by Gasteiger charge is 2.14. The van der Waals surface area contributed by atoms with E-state index < -0.39 is 0 Å². The lowest BCUT2D eigenvalue weighted by Crippen LogP contribution is -3.00. The van der Waals surface area contributed by atoms with Crippen molar-refractivity contribution in [3.05, 3.63) is 59.7 Å². The normalized spacial score (nSPS) is 12.5. The number of nitrogens with zero attached hydrogens (tertiary/aromatic N) is 1. The van der Waals surface area contributed by atoms with Crippen LogP contribution in [0.2, 0.25) is 0 Å². The molecule has 0 heterocycles. The maximum Gasteiger partial charge on any atom is 0.130 e. The third-order valence-electron chi connectivity index (χ3n) is 3.74. The van der Waals surface area contributed by atoms with E-state index >= 15 is 0 Å². The second-order valence-corrected chi connectivity index (χ2v) is 5.72. The Morgan fingerprint density at radius 3 is 1.71 bits per heavy atom. The molecule has 112 valence electrons. The van der Waals surface area contributed by atoms with Gasteiger partial charge >= 0.3 is 0 Å². The second kappa shape index (κ2) is 6.74. The Kier molecular flexibility index (Phi) is 4.99. The molecule has 0 saturated carbocycles. The van der Waals surface area contributed by atoms with Gasteiger partial charge < -0.3 is 14.5 Å². The first kappa shape index (κ1) is 15.5. The van der Waals surface area contributed by atoms with Crippen LogP contribution in [0.4, 0.5) is 11.4 Å². The van der Waals surface area contributed by atoms with Crippen LogP contribution in [-0.4, -0.2) is 35.3 Å². The lowest BCUT2D eigenvalue weighted by atomic mass is 10.0. The summed E-state index contributed by atoms with van der Waals surface area (Å²) in [5, 5.41) is 0. The summed E-state index contributed by atoms with van der Waals surface area (Å²) in [5.74, 6) is 0. The lowest BCUT2D eigenvalue weighted by molar-refractivity contribution is -0.786. The Bertz CT molecular complexity index is 507. The van der Waals surface area contributed by atoms with Crippen molar-refractivity contribution in [2.24, 2.45) is 0 Å². The number of hydrogen-bond donors (Lipinski definition) is 1. The Labute approximate surface area is 127 Å². The van der Waals surface area contributed by atoms with Crippen LogP contribution in [0.1, 0.15) is 17.2 Å². The molecule has 1 unspecified atom stereocenters. The van der Waals surface area contributed by atoms with Crippen molar-refractivity contribution in [2.75, 3.05) is 40.2 Å². The van der Waals surface area contributed by atoms with E-state index in [4.69, 9.17) is 4.74 Å². The molecule has 2 aromatic rings. The zero-order valence-electron chi connectivity index (χ0n) is 13.6. The summed E-state index contributed by atoms with van der Waals surface area (Å²) in [4.78, 5) is 3.42. The Hall–Kier alpha value is -1.84. The molecule has 0 radical (unpaired) electrons. The average Bonchev–Trinajstić information content (AvgIpc) is 2.49. The number of hydrogen-bond acceptors (Lipinski definition) is 2. The highest BCUT2D eigenvalue weighted by Crippen LogP contribution is 2.27. The predicted octanol–water partition coefficient (Wildman–Crippen LogP) is 2.26. The zero-order chi connectivity index (χ0) is 15.4. The fourth-order valence-electron chi connectivity index (χ4n) is 2.40. The first-order chi connectivity index (χ1) is 10.0. The van der Waals surface area contributed by atoms with Crippen LogP contribution in [-0.2, 0) is 4.74 Å². The molecular weight excluding hydrogens is 260 g/mol. The SMILES string of the molecule is COC(c1ccc(N(C)C)cc1)c1ccc([NH+](C)C)cc1. The van der Waals surface area contributed by atoms with Gasteiger partial charge in [0.2, 0.25) is 0 Å². The summed E-state index contributed by atoms with van der Waals surface area (Å²) in [5.41, 5.74) is 4.82. The number of nitrogens with one attached hydrogen (secondary N) is 1. The van der Waals surface area contributed by atoms with Crippen LogP contribution in [0.15, 0.2) is 48.5 Å². The second-order valence-electron chi connectivity index (χ2n) is 5.72. The monoisotopic (exact) mass is 285 g/mol. The summed E-state index contributed by atoms with van der Waals surface area (Å²) in [6.07, 6.45) is -0.0209. The highest BCUT2D eigenvalue weighted by molar-refractivity contribution is 5.47. The van der Waals surface area contributed by atoms with Crippen LogP contribution < -0.4 is 9.80 Å². The van der Waals surface area contributed by atoms with Gasteiger partial charge in [0.1, 0.15) is 11.8 Å².